The second-order valence-corrected chi connectivity index (χ2v) is 5.59. The summed E-state index contributed by atoms with van der Waals surface area (Å²) in [4.78, 5) is 23.7. The molecule has 5 nitrogen and oxygen atoms in total. The molecule has 3 rings (SSSR count). The Bertz CT molecular complexity index is 737. The van der Waals surface area contributed by atoms with Gasteiger partial charge in [0.15, 0.2) is 0 Å². The first-order chi connectivity index (χ1) is 9.99. The van der Waals surface area contributed by atoms with Crippen LogP contribution in [0.4, 0.5) is 0 Å². The van der Waals surface area contributed by atoms with Crippen LogP contribution in [0.3, 0.4) is 0 Å². The highest BCUT2D eigenvalue weighted by Crippen LogP contribution is 2.24. The van der Waals surface area contributed by atoms with Gasteiger partial charge in [-0.15, -0.1) is 0 Å². The van der Waals surface area contributed by atoms with E-state index in [-0.39, 0.29) is 12.2 Å². The molecule has 0 unspecified atom stereocenters. The number of hydrogen-bond acceptors (Lipinski definition) is 2. The lowest BCUT2D eigenvalue weighted by molar-refractivity contribution is -0.136. The van der Waals surface area contributed by atoms with E-state index in [2.05, 4.69) is 4.57 Å². The number of carboxylic acids is 1. The van der Waals surface area contributed by atoms with Gasteiger partial charge in [-0.3, -0.25) is 9.59 Å². The Morgan fingerprint density at radius 2 is 2.10 bits per heavy atom. The summed E-state index contributed by atoms with van der Waals surface area (Å²) in [7, 11) is 1.76. The summed E-state index contributed by atoms with van der Waals surface area (Å²) in [6, 6.07) is 5.67. The summed E-state index contributed by atoms with van der Waals surface area (Å²) in [6.07, 6.45) is 2.02. The summed E-state index contributed by atoms with van der Waals surface area (Å²) < 4.78 is 3.78. The molecule has 1 N–H and O–H groups in total. The maximum absolute atomic E-state index is 12.8. The van der Waals surface area contributed by atoms with Crippen molar-refractivity contribution in [3.8, 4) is 0 Å². The van der Waals surface area contributed by atoms with Crippen LogP contribution in [0.1, 0.15) is 39.6 Å². The van der Waals surface area contributed by atoms with Gasteiger partial charge in [0.25, 0.3) is 0 Å². The number of ketones is 1. The lowest BCUT2D eigenvalue weighted by Crippen LogP contribution is -2.15. The molecule has 110 valence electrons. The second kappa shape index (κ2) is 4.91. The minimum Gasteiger partial charge on any atom is -0.481 e. The maximum Gasteiger partial charge on any atom is 0.309 e. The number of carbonyl (C=O) groups excluding carboxylic acids is 1. The summed E-state index contributed by atoms with van der Waals surface area (Å²) in [6.45, 7) is 2.74. The van der Waals surface area contributed by atoms with Crippen molar-refractivity contribution in [1.29, 1.82) is 0 Å². The zero-order valence-electron chi connectivity index (χ0n) is 12.2. The smallest absolute Gasteiger partial charge is 0.309 e. The molecule has 0 aliphatic carbocycles. The molecule has 0 amide bonds. The van der Waals surface area contributed by atoms with Crippen LogP contribution in [0.2, 0.25) is 0 Å². The fourth-order valence-corrected chi connectivity index (χ4v) is 3.21. The van der Waals surface area contributed by atoms with Crippen molar-refractivity contribution in [1.82, 2.24) is 9.13 Å². The molecule has 5 heteroatoms. The van der Waals surface area contributed by atoms with Crippen LogP contribution in [0.25, 0.3) is 0 Å². The van der Waals surface area contributed by atoms with E-state index in [4.69, 9.17) is 5.11 Å². The van der Waals surface area contributed by atoms with Gasteiger partial charge in [0.05, 0.1) is 17.8 Å². The van der Waals surface area contributed by atoms with Gasteiger partial charge < -0.3 is 14.2 Å². The second-order valence-electron chi connectivity index (χ2n) is 5.59. The largest absolute Gasteiger partial charge is 0.481 e. The minimum atomic E-state index is -0.891. The number of fused-ring (bicyclic) bond motifs is 1. The molecular formula is C16H18N2O3. The van der Waals surface area contributed by atoms with E-state index >= 15 is 0 Å². The molecule has 3 heterocycles. The molecule has 1 aliphatic rings. The summed E-state index contributed by atoms with van der Waals surface area (Å²) in [5.41, 5.74) is 3.97. The Balaban J connectivity index is 2.02. The predicted molar refractivity (Wildman–Crippen MR) is 77.7 cm³/mol. The van der Waals surface area contributed by atoms with Crippen molar-refractivity contribution in [2.24, 2.45) is 7.05 Å². The lowest BCUT2D eigenvalue weighted by Gasteiger charge is -2.09. The van der Waals surface area contributed by atoms with Crippen LogP contribution in [0, 0.1) is 6.92 Å². The van der Waals surface area contributed by atoms with E-state index in [0.717, 1.165) is 24.9 Å². The fourth-order valence-electron chi connectivity index (χ4n) is 3.21. The van der Waals surface area contributed by atoms with Gasteiger partial charge in [0, 0.05) is 25.0 Å². The van der Waals surface area contributed by atoms with Crippen LogP contribution in [-0.2, 0) is 31.2 Å². The van der Waals surface area contributed by atoms with Crippen molar-refractivity contribution in [2.45, 2.75) is 32.7 Å². The van der Waals surface area contributed by atoms with Crippen LogP contribution in [-0.4, -0.2) is 26.0 Å². The van der Waals surface area contributed by atoms with Crippen molar-refractivity contribution in [3.63, 3.8) is 0 Å². The average Bonchev–Trinajstić information content (AvgIpc) is 3.04. The molecule has 2 aromatic rings. The molecule has 0 radical (unpaired) electrons. The summed E-state index contributed by atoms with van der Waals surface area (Å²) in [5, 5.41) is 8.94. The number of carboxylic acid groups (broad SMARTS) is 1. The average molecular weight is 286 g/mol. The van der Waals surface area contributed by atoms with Crippen LogP contribution < -0.4 is 0 Å². The zero-order chi connectivity index (χ0) is 15.1. The van der Waals surface area contributed by atoms with Crippen LogP contribution >= 0.6 is 0 Å². The van der Waals surface area contributed by atoms with E-state index in [9.17, 15) is 9.59 Å². The number of aryl methyl sites for hydroxylation is 2. The van der Waals surface area contributed by atoms with Crippen LogP contribution in [0.15, 0.2) is 18.2 Å². The standard InChI is InChI=1S/C16H18N2O3/c1-10-8-12(9-14(19)20)17(2)15(10)16(21)13-6-5-11-4-3-7-18(11)13/h5-6,8H,3-4,7,9H2,1-2H3,(H,19,20). The van der Waals surface area contributed by atoms with Crippen molar-refractivity contribution in [3.05, 3.63) is 46.5 Å². The van der Waals surface area contributed by atoms with E-state index < -0.39 is 5.97 Å². The Hall–Kier alpha value is -2.30. The maximum atomic E-state index is 12.8. The third-order valence-electron chi connectivity index (χ3n) is 4.19. The van der Waals surface area contributed by atoms with Gasteiger partial charge in [0.2, 0.25) is 5.78 Å². The fraction of sp³-hybridized carbons (Fsp3) is 0.375. The van der Waals surface area contributed by atoms with Crippen molar-refractivity contribution < 1.29 is 14.7 Å². The van der Waals surface area contributed by atoms with Crippen molar-refractivity contribution in [2.75, 3.05) is 0 Å². The third kappa shape index (κ3) is 2.18. The van der Waals surface area contributed by atoms with Gasteiger partial charge in [-0.2, -0.15) is 0 Å². The minimum absolute atomic E-state index is 0.0280. The highest BCUT2D eigenvalue weighted by molar-refractivity contribution is 6.08. The molecule has 0 saturated heterocycles. The first kappa shape index (κ1) is 13.7. The molecule has 0 spiro atoms. The molecule has 21 heavy (non-hydrogen) atoms. The Morgan fingerprint density at radius 3 is 2.81 bits per heavy atom. The van der Waals surface area contributed by atoms with Crippen LogP contribution in [0.5, 0.6) is 0 Å². The molecule has 1 aliphatic heterocycles. The number of carbonyl (C=O) groups is 2. The summed E-state index contributed by atoms with van der Waals surface area (Å²) in [5.74, 6) is -0.919. The Kier molecular flexibility index (Phi) is 3.20. The molecule has 0 fully saturated rings. The number of aromatic nitrogens is 2. The van der Waals surface area contributed by atoms with Gasteiger partial charge in [0.1, 0.15) is 0 Å². The quantitative estimate of drug-likeness (QED) is 0.874. The molecule has 0 saturated carbocycles. The first-order valence-electron chi connectivity index (χ1n) is 7.09. The van der Waals surface area contributed by atoms with Crippen molar-refractivity contribution >= 4 is 11.8 Å². The van der Waals surface area contributed by atoms with E-state index in [0.29, 0.717) is 17.1 Å². The SMILES string of the molecule is Cc1cc(CC(=O)O)n(C)c1C(=O)c1ccc2n1CCC2. The Labute approximate surface area is 122 Å². The molecule has 0 aromatic carbocycles. The molecular weight excluding hydrogens is 268 g/mol. The van der Waals surface area contributed by atoms with Gasteiger partial charge in [-0.1, -0.05) is 0 Å². The highest BCUT2D eigenvalue weighted by atomic mass is 16.4. The molecule has 2 aromatic heterocycles. The van der Waals surface area contributed by atoms with Gasteiger partial charge in [-0.05, 0) is 43.5 Å². The van der Waals surface area contributed by atoms with Gasteiger partial charge >= 0.3 is 5.97 Å². The lowest BCUT2D eigenvalue weighted by atomic mass is 10.1. The number of aliphatic carboxylic acids is 1. The number of rotatable bonds is 4. The zero-order valence-corrected chi connectivity index (χ0v) is 12.2. The van der Waals surface area contributed by atoms with E-state index in [1.54, 1.807) is 17.7 Å². The Morgan fingerprint density at radius 1 is 1.33 bits per heavy atom. The number of hydrogen-bond donors (Lipinski definition) is 1. The first-order valence-corrected chi connectivity index (χ1v) is 7.09. The van der Waals surface area contributed by atoms with E-state index in [1.165, 1.54) is 5.69 Å². The topological polar surface area (TPSA) is 64.2 Å². The number of nitrogens with zero attached hydrogens (tertiary/aromatic N) is 2. The normalized spacial score (nSPS) is 13.4. The predicted octanol–water partition coefficient (Wildman–Crippen LogP) is 1.94. The monoisotopic (exact) mass is 286 g/mol. The highest BCUT2D eigenvalue weighted by Gasteiger charge is 2.24. The van der Waals surface area contributed by atoms with Gasteiger partial charge in [-0.25, -0.2) is 0 Å². The summed E-state index contributed by atoms with van der Waals surface area (Å²) >= 11 is 0. The molecule has 0 atom stereocenters. The molecule has 0 bridgehead atoms. The third-order valence-corrected chi connectivity index (χ3v) is 4.19. The van der Waals surface area contributed by atoms with E-state index in [1.807, 2.05) is 19.1 Å².